The largest absolute Gasteiger partial charge is 0.493 e. The number of carbonyl (C=O) groups is 1. The van der Waals surface area contributed by atoms with Crippen molar-refractivity contribution in [2.45, 2.75) is 17.9 Å². The zero-order valence-electron chi connectivity index (χ0n) is 19.7. The topological polar surface area (TPSA) is 110 Å². The lowest BCUT2D eigenvalue weighted by Crippen LogP contribution is -2.34. The van der Waals surface area contributed by atoms with Gasteiger partial charge >= 0.3 is 0 Å². The van der Waals surface area contributed by atoms with Gasteiger partial charge in [-0.2, -0.15) is 0 Å². The van der Waals surface area contributed by atoms with Gasteiger partial charge in [0, 0.05) is 17.7 Å². The maximum absolute atomic E-state index is 12.5. The smallest absolute Gasteiger partial charge is 0.257 e. The molecule has 3 N–H and O–H groups in total. The Balaban J connectivity index is 1.24. The predicted octanol–water partition coefficient (Wildman–Crippen LogP) is 4.51. The highest BCUT2D eigenvalue weighted by Gasteiger charge is 2.15. The zero-order valence-corrected chi connectivity index (χ0v) is 21.3. The van der Waals surface area contributed by atoms with E-state index in [0.29, 0.717) is 29.4 Å². The average molecular weight is 536 g/mol. The molecule has 8 nitrogen and oxygen atoms in total. The van der Waals surface area contributed by atoms with Crippen molar-refractivity contribution in [3.8, 4) is 5.75 Å². The van der Waals surface area contributed by atoms with E-state index in [2.05, 4.69) is 15.4 Å². The van der Waals surface area contributed by atoms with Crippen LogP contribution in [0.5, 0.6) is 5.75 Å². The van der Waals surface area contributed by atoms with Gasteiger partial charge in [0.25, 0.3) is 5.91 Å². The van der Waals surface area contributed by atoms with Crippen LogP contribution >= 0.6 is 12.2 Å². The zero-order chi connectivity index (χ0) is 26.1. The highest BCUT2D eigenvalue weighted by Crippen LogP contribution is 2.16. The van der Waals surface area contributed by atoms with E-state index in [1.807, 2.05) is 30.3 Å². The lowest BCUT2D eigenvalue weighted by Gasteiger charge is -2.11. The molecule has 0 atom stereocenters. The first-order valence-corrected chi connectivity index (χ1v) is 13.3. The van der Waals surface area contributed by atoms with Crippen LogP contribution in [0, 0.1) is 0 Å². The summed E-state index contributed by atoms with van der Waals surface area (Å²) in [6, 6.07) is 26.2. The number of nitrogens with one attached hydrogen (secondary N) is 3. The third kappa shape index (κ3) is 7.74. The van der Waals surface area contributed by atoms with Gasteiger partial charge in [-0.1, -0.05) is 30.3 Å². The van der Waals surface area contributed by atoms with Crippen LogP contribution in [0.15, 0.2) is 107 Å². The molecule has 0 saturated carbocycles. The number of amides is 1. The number of benzene rings is 3. The Bertz CT molecular complexity index is 1420. The molecular weight excluding hydrogens is 510 g/mol. The molecule has 4 aromatic rings. The van der Waals surface area contributed by atoms with E-state index in [0.717, 1.165) is 6.42 Å². The Hall–Kier alpha value is -3.99. The molecule has 0 radical (unpaired) electrons. The maximum atomic E-state index is 12.5. The van der Waals surface area contributed by atoms with Crippen molar-refractivity contribution in [1.82, 2.24) is 10.0 Å². The highest BCUT2D eigenvalue weighted by molar-refractivity contribution is 7.89. The summed E-state index contributed by atoms with van der Waals surface area (Å²) in [5.74, 6) is 0.796. The van der Waals surface area contributed by atoms with Crippen LogP contribution < -0.4 is 20.1 Å². The average Bonchev–Trinajstić information content (AvgIpc) is 3.43. The first-order chi connectivity index (χ1) is 17.9. The molecular formula is C27H25N3O5S2. The first-order valence-electron chi connectivity index (χ1n) is 11.4. The van der Waals surface area contributed by atoms with E-state index in [1.165, 1.54) is 24.0 Å². The Morgan fingerprint density at radius 3 is 2.30 bits per heavy atom. The van der Waals surface area contributed by atoms with E-state index < -0.39 is 10.0 Å². The molecule has 0 saturated heterocycles. The van der Waals surface area contributed by atoms with Crippen LogP contribution in [-0.4, -0.2) is 26.0 Å². The maximum Gasteiger partial charge on any atom is 0.257 e. The van der Waals surface area contributed by atoms with Crippen molar-refractivity contribution < 1.29 is 22.4 Å². The van der Waals surface area contributed by atoms with Gasteiger partial charge in [0.1, 0.15) is 11.5 Å². The number of ether oxygens (including phenoxy) is 1. The van der Waals surface area contributed by atoms with E-state index in [-0.39, 0.29) is 22.5 Å². The van der Waals surface area contributed by atoms with E-state index >= 15 is 0 Å². The number of thiocarbonyl (C=S) groups is 1. The van der Waals surface area contributed by atoms with Gasteiger partial charge in [-0.15, -0.1) is 0 Å². The van der Waals surface area contributed by atoms with Gasteiger partial charge in [-0.3, -0.25) is 10.1 Å². The molecule has 190 valence electrons. The van der Waals surface area contributed by atoms with Gasteiger partial charge in [-0.05, 0) is 78.4 Å². The van der Waals surface area contributed by atoms with Crippen molar-refractivity contribution in [3.05, 3.63) is 114 Å². The lowest BCUT2D eigenvalue weighted by molar-refractivity contribution is 0.0977. The van der Waals surface area contributed by atoms with Crippen molar-refractivity contribution in [3.63, 3.8) is 0 Å². The minimum absolute atomic E-state index is 0.0479. The summed E-state index contributed by atoms with van der Waals surface area (Å²) in [6.45, 7) is 0.579. The molecule has 1 aromatic heterocycles. The summed E-state index contributed by atoms with van der Waals surface area (Å²) >= 11 is 5.23. The van der Waals surface area contributed by atoms with Gasteiger partial charge in [-0.25, -0.2) is 13.1 Å². The summed E-state index contributed by atoms with van der Waals surface area (Å²) in [5, 5.41) is 5.57. The van der Waals surface area contributed by atoms with Gasteiger partial charge < -0.3 is 14.5 Å². The summed E-state index contributed by atoms with van der Waals surface area (Å²) in [5.41, 5.74) is 2.14. The Morgan fingerprint density at radius 2 is 1.62 bits per heavy atom. The van der Waals surface area contributed by atoms with Gasteiger partial charge in [0.05, 0.1) is 24.3 Å². The minimum atomic E-state index is -3.71. The van der Waals surface area contributed by atoms with Crippen LogP contribution in [-0.2, 0) is 23.0 Å². The molecule has 4 rings (SSSR count). The van der Waals surface area contributed by atoms with Crippen LogP contribution in [0.25, 0.3) is 0 Å². The Kier molecular flexibility index (Phi) is 8.68. The van der Waals surface area contributed by atoms with Crippen LogP contribution in [0.2, 0.25) is 0 Å². The summed E-state index contributed by atoms with van der Waals surface area (Å²) in [4.78, 5) is 12.6. The van der Waals surface area contributed by atoms with Gasteiger partial charge in [0.15, 0.2) is 5.11 Å². The summed E-state index contributed by atoms with van der Waals surface area (Å²) in [6.07, 6.45) is 2.26. The number of sulfonamides is 1. The summed E-state index contributed by atoms with van der Waals surface area (Å²) in [7, 11) is -3.71. The second-order valence-electron chi connectivity index (χ2n) is 7.94. The molecule has 1 heterocycles. The molecule has 3 aromatic carbocycles. The van der Waals surface area contributed by atoms with E-state index in [1.54, 1.807) is 48.5 Å². The fraction of sp³-hybridized carbons (Fsp3) is 0.111. The predicted molar refractivity (Wildman–Crippen MR) is 145 cm³/mol. The van der Waals surface area contributed by atoms with E-state index in [4.69, 9.17) is 21.4 Å². The Labute approximate surface area is 220 Å². The quantitative estimate of drug-likeness (QED) is 0.256. The van der Waals surface area contributed by atoms with Crippen molar-refractivity contribution in [2.24, 2.45) is 0 Å². The molecule has 0 unspecified atom stereocenters. The second-order valence-corrected chi connectivity index (χ2v) is 10.1. The molecule has 0 fully saturated rings. The number of furan rings is 1. The molecule has 10 heteroatoms. The third-order valence-corrected chi connectivity index (χ3v) is 6.91. The van der Waals surface area contributed by atoms with Crippen molar-refractivity contribution in [1.29, 1.82) is 0 Å². The number of anilines is 1. The van der Waals surface area contributed by atoms with Crippen LogP contribution in [0.3, 0.4) is 0 Å². The lowest BCUT2D eigenvalue weighted by atomic mass is 10.2. The number of hydrogen-bond donors (Lipinski definition) is 3. The number of rotatable bonds is 10. The fourth-order valence-corrected chi connectivity index (χ4v) is 4.56. The molecule has 0 aliphatic carbocycles. The third-order valence-electron chi connectivity index (χ3n) is 5.28. The van der Waals surface area contributed by atoms with Crippen molar-refractivity contribution >= 4 is 38.9 Å². The molecule has 0 spiro atoms. The van der Waals surface area contributed by atoms with E-state index in [9.17, 15) is 13.2 Å². The van der Waals surface area contributed by atoms with Crippen LogP contribution in [0.4, 0.5) is 5.69 Å². The molecule has 0 aliphatic heterocycles. The monoisotopic (exact) mass is 535 g/mol. The number of carbonyl (C=O) groups excluding carboxylic acids is 1. The molecule has 0 bridgehead atoms. The second kappa shape index (κ2) is 12.3. The van der Waals surface area contributed by atoms with Crippen molar-refractivity contribution in [2.75, 3.05) is 11.9 Å². The van der Waals surface area contributed by atoms with Gasteiger partial charge in [0.2, 0.25) is 10.0 Å². The fourth-order valence-electron chi connectivity index (χ4n) is 3.35. The molecule has 0 aliphatic rings. The SMILES string of the molecule is O=C(NC(=S)Nc1ccc(S(=O)(=O)NCc2ccco2)cc1)c1ccc(OCCc2ccccc2)cc1. The van der Waals surface area contributed by atoms with Crippen LogP contribution in [0.1, 0.15) is 21.7 Å². The normalized spacial score (nSPS) is 11.0. The first kappa shape index (κ1) is 26.1. The molecule has 37 heavy (non-hydrogen) atoms. The number of hydrogen-bond acceptors (Lipinski definition) is 6. The summed E-state index contributed by atoms with van der Waals surface area (Å²) < 4.78 is 38.2. The minimum Gasteiger partial charge on any atom is -0.493 e. The molecule has 1 amide bonds. The standard InChI is InChI=1S/C27H25N3O5S2/c31-26(21-8-12-23(13-9-21)35-18-16-20-5-2-1-3-6-20)30-27(36)29-22-10-14-25(15-11-22)37(32,33)28-19-24-7-4-17-34-24/h1-15,17,28H,16,18-19H2,(H2,29,30,31,36). The Morgan fingerprint density at radius 1 is 0.892 bits per heavy atom. The highest BCUT2D eigenvalue weighted by atomic mass is 32.2.